The standard InChI is InChI=1S/C16H12ClN5O2S/c1-22-14(12-6-3-7-23-12)19-20-16(22)25-9-13-18-15(24-21-13)10-4-2-5-11(17)8-10/h2-8H,9H2,1H3. The molecule has 4 rings (SSSR count). The summed E-state index contributed by atoms with van der Waals surface area (Å²) in [5, 5.41) is 13.7. The number of thioether (sulfide) groups is 1. The van der Waals surface area contributed by atoms with E-state index in [4.69, 9.17) is 20.5 Å². The summed E-state index contributed by atoms with van der Waals surface area (Å²) in [5.74, 6) is 2.86. The number of halogens is 1. The number of nitrogens with zero attached hydrogens (tertiary/aromatic N) is 5. The lowest BCUT2D eigenvalue weighted by atomic mass is 10.2. The summed E-state index contributed by atoms with van der Waals surface area (Å²) in [4.78, 5) is 4.39. The van der Waals surface area contributed by atoms with Crippen molar-refractivity contribution >= 4 is 23.4 Å². The van der Waals surface area contributed by atoms with Gasteiger partial charge in [-0.3, -0.25) is 0 Å². The molecule has 0 spiro atoms. The molecule has 0 radical (unpaired) electrons. The van der Waals surface area contributed by atoms with Crippen LogP contribution < -0.4 is 0 Å². The first kappa shape index (κ1) is 15.9. The van der Waals surface area contributed by atoms with Gasteiger partial charge in [-0.15, -0.1) is 10.2 Å². The first-order valence-electron chi connectivity index (χ1n) is 7.35. The van der Waals surface area contributed by atoms with Crippen molar-refractivity contribution in [2.45, 2.75) is 10.9 Å². The summed E-state index contributed by atoms with van der Waals surface area (Å²) in [6.45, 7) is 0. The Morgan fingerprint density at radius 2 is 2.12 bits per heavy atom. The third-order valence-electron chi connectivity index (χ3n) is 3.45. The molecule has 0 aliphatic carbocycles. The Hall–Kier alpha value is -2.58. The Morgan fingerprint density at radius 1 is 1.20 bits per heavy atom. The summed E-state index contributed by atoms with van der Waals surface area (Å²) in [7, 11) is 1.88. The molecule has 0 bridgehead atoms. The Morgan fingerprint density at radius 3 is 2.92 bits per heavy atom. The second-order valence-corrected chi connectivity index (χ2v) is 6.54. The molecule has 0 aliphatic heterocycles. The van der Waals surface area contributed by atoms with Gasteiger partial charge >= 0.3 is 0 Å². The maximum atomic E-state index is 5.99. The molecule has 0 unspecified atom stereocenters. The van der Waals surface area contributed by atoms with E-state index in [9.17, 15) is 0 Å². The number of aromatic nitrogens is 5. The van der Waals surface area contributed by atoms with Crippen molar-refractivity contribution in [3.63, 3.8) is 0 Å². The van der Waals surface area contributed by atoms with Crippen molar-refractivity contribution in [2.75, 3.05) is 0 Å². The Labute approximate surface area is 152 Å². The van der Waals surface area contributed by atoms with Crippen molar-refractivity contribution < 1.29 is 8.94 Å². The summed E-state index contributed by atoms with van der Waals surface area (Å²) in [5.41, 5.74) is 0.787. The van der Waals surface area contributed by atoms with Gasteiger partial charge in [-0.1, -0.05) is 34.6 Å². The minimum atomic E-state index is 0.437. The van der Waals surface area contributed by atoms with Crippen LogP contribution in [0.3, 0.4) is 0 Å². The second-order valence-electron chi connectivity index (χ2n) is 5.16. The Bertz CT molecular complexity index is 996. The molecular formula is C16H12ClN5O2S. The molecule has 4 aromatic rings. The molecule has 0 amide bonds. The van der Waals surface area contributed by atoms with Crippen molar-refractivity contribution in [3.8, 4) is 23.0 Å². The molecule has 3 aromatic heterocycles. The topological polar surface area (TPSA) is 82.8 Å². The van der Waals surface area contributed by atoms with Gasteiger partial charge in [0.25, 0.3) is 5.89 Å². The highest BCUT2D eigenvalue weighted by Crippen LogP contribution is 2.26. The van der Waals surface area contributed by atoms with Gasteiger partial charge < -0.3 is 13.5 Å². The van der Waals surface area contributed by atoms with Gasteiger partial charge in [0.1, 0.15) is 0 Å². The van der Waals surface area contributed by atoms with Crippen molar-refractivity contribution in [2.24, 2.45) is 7.05 Å². The smallest absolute Gasteiger partial charge is 0.258 e. The molecule has 7 nitrogen and oxygen atoms in total. The average molecular weight is 374 g/mol. The van der Waals surface area contributed by atoms with E-state index < -0.39 is 0 Å². The maximum absolute atomic E-state index is 5.99. The molecule has 3 heterocycles. The zero-order valence-electron chi connectivity index (χ0n) is 13.1. The second kappa shape index (κ2) is 6.73. The average Bonchev–Trinajstić information content (AvgIpc) is 3.34. The predicted octanol–water partition coefficient (Wildman–Crippen LogP) is 4.07. The van der Waals surface area contributed by atoms with Crippen LogP contribution in [0.1, 0.15) is 5.82 Å². The number of hydrogen-bond acceptors (Lipinski definition) is 7. The third kappa shape index (κ3) is 3.31. The van der Waals surface area contributed by atoms with Gasteiger partial charge in [0.2, 0.25) is 0 Å². The molecule has 0 atom stereocenters. The van der Waals surface area contributed by atoms with Crippen LogP contribution in [0.25, 0.3) is 23.0 Å². The van der Waals surface area contributed by atoms with Gasteiger partial charge in [-0.2, -0.15) is 4.98 Å². The number of hydrogen-bond donors (Lipinski definition) is 0. The van der Waals surface area contributed by atoms with Crippen molar-refractivity contribution in [1.82, 2.24) is 24.9 Å². The molecule has 0 aliphatic rings. The molecule has 0 saturated heterocycles. The van der Waals surface area contributed by atoms with E-state index >= 15 is 0 Å². The van der Waals surface area contributed by atoms with Crippen LogP contribution in [0.5, 0.6) is 0 Å². The van der Waals surface area contributed by atoms with Crippen LogP contribution in [-0.4, -0.2) is 24.9 Å². The van der Waals surface area contributed by atoms with E-state index in [1.54, 1.807) is 18.4 Å². The quantitative estimate of drug-likeness (QED) is 0.487. The van der Waals surface area contributed by atoms with Crippen molar-refractivity contribution in [1.29, 1.82) is 0 Å². The van der Waals surface area contributed by atoms with Gasteiger partial charge in [-0.25, -0.2) is 0 Å². The maximum Gasteiger partial charge on any atom is 0.258 e. The van der Waals surface area contributed by atoms with Gasteiger partial charge in [0, 0.05) is 17.6 Å². The molecule has 1 aromatic carbocycles. The van der Waals surface area contributed by atoms with Crippen LogP contribution >= 0.6 is 23.4 Å². The largest absolute Gasteiger partial charge is 0.461 e. The number of furan rings is 1. The minimum Gasteiger partial charge on any atom is -0.461 e. The fraction of sp³-hybridized carbons (Fsp3) is 0.125. The minimum absolute atomic E-state index is 0.437. The van der Waals surface area contributed by atoms with E-state index in [1.807, 2.05) is 35.9 Å². The highest BCUT2D eigenvalue weighted by atomic mass is 35.5. The first-order chi connectivity index (χ1) is 12.2. The van der Waals surface area contributed by atoms with Gasteiger partial charge in [0.15, 0.2) is 22.6 Å². The van der Waals surface area contributed by atoms with Crippen molar-refractivity contribution in [3.05, 3.63) is 53.5 Å². The fourth-order valence-electron chi connectivity index (χ4n) is 2.24. The van der Waals surface area contributed by atoms with Gasteiger partial charge in [-0.05, 0) is 30.3 Å². The van der Waals surface area contributed by atoms with Crippen LogP contribution in [-0.2, 0) is 12.8 Å². The lowest BCUT2D eigenvalue weighted by Gasteiger charge is -2.00. The van der Waals surface area contributed by atoms with E-state index in [0.717, 1.165) is 10.7 Å². The molecule has 0 saturated carbocycles. The highest BCUT2D eigenvalue weighted by Gasteiger charge is 2.15. The Kier molecular flexibility index (Phi) is 4.29. The molecular weight excluding hydrogens is 362 g/mol. The summed E-state index contributed by atoms with van der Waals surface area (Å²) < 4.78 is 12.5. The zero-order chi connectivity index (χ0) is 17.2. The first-order valence-corrected chi connectivity index (χ1v) is 8.71. The summed E-state index contributed by atoms with van der Waals surface area (Å²) in [6, 6.07) is 10.9. The summed E-state index contributed by atoms with van der Waals surface area (Å²) in [6.07, 6.45) is 1.60. The van der Waals surface area contributed by atoms with E-state index in [0.29, 0.717) is 34.1 Å². The third-order valence-corrected chi connectivity index (χ3v) is 4.70. The fourth-order valence-corrected chi connectivity index (χ4v) is 3.19. The predicted molar refractivity (Wildman–Crippen MR) is 93.0 cm³/mol. The number of rotatable bonds is 5. The molecule has 0 N–H and O–H groups in total. The van der Waals surface area contributed by atoms with Crippen LogP contribution in [0.15, 0.2) is 56.8 Å². The van der Waals surface area contributed by atoms with E-state index in [2.05, 4.69) is 20.3 Å². The van der Waals surface area contributed by atoms with Crippen LogP contribution in [0, 0.1) is 0 Å². The lowest BCUT2D eigenvalue weighted by Crippen LogP contribution is -1.94. The number of benzene rings is 1. The molecule has 9 heteroatoms. The van der Waals surface area contributed by atoms with E-state index in [-0.39, 0.29) is 0 Å². The molecule has 126 valence electrons. The van der Waals surface area contributed by atoms with E-state index in [1.165, 1.54) is 11.8 Å². The van der Waals surface area contributed by atoms with Crippen LogP contribution in [0.4, 0.5) is 0 Å². The van der Waals surface area contributed by atoms with Crippen LogP contribution in [0.2, 0.25) is 5.02 Å². The summed E-state index contributed by atoms with van der Waals surface area (Å²) >= 11 is 7.45. The van der Waals surface area contributed by atoms with Gasteiger partial charge in [0.05, 0.1) is 12.0 Å². The zero-order valence-corrected chi connectivity index (χ0v) is 14.7. The highest BCUT2D eigenvalue weighted by molar-refractivity contribution is 7.98. The Balaban J connectivity index is 1.48. The lowest BCUT2D eigenvalue weighted by molar-refractivity contribution is 0.425. The molecule has 0 fully saturated rings. The monoisotopic (exact) mass is 373 g/mol. The molecule has 25 heavy (non-hydrogen) atoms. The SMILES string of the molecule is Cn1c(SCc2noc(-c3cccc(Cl)c3)n2)nnc1-c1ccco1. The normalized spacial score (nSPS) is 11.1.